The Morgan fingerprint density at radius 2 is 2.06 bits per heavy atom. The van der Waals surface area contributed by atoms with E-state index in [1.165, 1.54) is 4.68 Å². The third-order valence-corrected chi connectivity index (χ3v) is 2.44. The Bertz CT molecular complexity index is 496. The van der Waals surface area contributed by atoms with Crippen LogP contribution in [0, 0.1) is 0 Å². The van der Waals surface area contributed by atoms with Crippen LogP contribution in [-0.2, 0) is 13.0 Å². The largest absolute Gasteiger partial charge is 0.366 e. The van der Waals surface area contributed by atoms with E-state index in [2.05, 4.69) is 15.3 Å². The molecule has 0 radical (unpaired) electrons. The summed E-state index contributed by atoms with van der Waals surface area (Å²) in [6.45, 7) is 4.81. The van der Waals surface area contributed by atoms with Gasteiger partial charge in [0.25, 0.3) is 0 Å². The van der Waals surface area contributed by atoms with Gasteiger partial charge in [-0.1, -0.05) is 6.92 Å². The highest BCUT2D eigenvalue weighted by atomic mass is 15.5. The average molecular weight is 221 g/mol. The minimum Gasteiger partial charge on any atom is -0.366 e. The fourth-order valence-corrected chi connectivity index (χ4v) is 1.54. The third kappa shape index (κ3) is 1.50. The van der Waals surface area contributed by atoms with Crippen LogP contribution >= 0.6 is 0 Å². The molecule has 0 aliphatic rings. The van der Waals surface area contributed by atoms with Crippen LogP contribution in [0.4, 0.5) is 5.95 Å². The van der Waals surface area contributed by atoms with E-state index < -0.39 is 0 Å². The molecule has 0 unspecified atom stereocenters. The van der Waals surface area contributed by atoms with Crippen molar-refractivity contribution < 1.29 is 0 Å². The van der Waals surface area contributed by atoms with Crippen molar-refractivity contribution in [2.75, 3.05) is 11.6 Å². The molecule has 0 aliphatic heterocycles. The molecular weight excluding hydrogens is 206 g/mol. The first-order valence-corrected chi connectivity index (χ1v) is 5.20. The van der Waals surface area contributed by atoms with Gasteiger partial charge in [0.15, 0.2) is 0 Å². The fraction of sp³-hybridized carbons (Fsp3) is 0.444. The van der Waals surface area contributed by atoms with Gasteiger partial charge in [-0.25, -0.2) is 4.68 Å². The van der Waals surface area contributed by atoms with E-state index in [4.69, 9.17) is 11.6 Å². The molecule has 2 aromatic heterocycles. The summed E-state index contributed by atoms with van der Waals surface area (Å²) < 4.78 is 3.11. The van der Waals surface area contributed by atoms with E-state index in [1.807, 2.05) is 24.6 Å². The second-order valence-corrected chi connectivity index (χ2v) is 3.44. The van der Waals surface area contributed by atoms with E-state index in [-0.39, 0.29) is 5.95 Å². The van der Waals surface area contributed by atoms with Gasteiger partial charge in [-0.15, -0.1) is 10.2 Å². The molecular formula is C9H15N7. The predicted octanol–water partition coefficient (Wildman–Crippen LogP) is 0.0199. The number of nitrogens with zero attached hydrogens (tertiary/aromatic N) is 5. The molecule has 0 bridgehead atoms. The van der Waals surface area contributed by atoms with Gasteiger partial charge in [-0.05, 0) is 19.4 Å². The van der Waals surface area contributed by atoms with E-state index >= 15 is 0 Å². The maximum atomic E-state index is 5.73. The van der Waals surface area contributed by atoms with Crippen molar-refractivity contribution in [1.82, 2.24) is 24.7 Å². The maximum absolute atomic E-state index is 5.73. The van der Waals surface area contributed by atoms with Gasteiger partial charge in [0.1, 0.15) is 5.69 Å². The van der Waals surface area contributed by atoms with Crippen LogP contribution in [0.2, 0.25) is 0 Å². The lowest BCUT2D eigenvalue weighted by Gasteiger charge is -2.03. The standard InChI is InChI=1S/C9H15N7/c1-3-6-5-7(15(4-2)14-6)8-12-13-9(10)16(8)11/h5H,3-4,11H2,1-2H3,(H2,10,13). The number of nitrogen functional groups attached to an aromatic ring is 2. The van der Waals surface area contributed by atoms with Gasteiger partial charge in [-0.2, -0.15) is 5.10 Å². The molecule has 0 atom stereocenters. The van der Waals surface area contributed by atoms with Gasteiger partial charge < -0.3 is 11.6 Å². The Balaban J connectivity index is 2.54. The molecule has 0 saturated heterocycles. The van der Waals surface area contributed by atoms with Crippen LogP contribution in [-0.4, -0.2) is 24.7 Å². The van der Waals surface area contributed by atoms with E-state index in [0.717, 1.165) is 24.4 Å². The first-order valence-electron chi connectivity index (χ1n) is 5.20. The quantitative estimate of drug-likeness (QED) is 0.711. The molecule has 0 aliphatic carbocycles. The van der Waals surface area contributed by atoms with Gasteiger partial charge in [-0.3, -0.25) is 4.68 Å². The highest BCUT2D eigenvalue weighted by Crippen LogP contribution is 2.18. The number of anilines is 1. The Morgan fingerprint density at radius 3 is 2.56 bits per heavy atom. The minimum atomic E-state index is 0.192. The van der Waals surface area contributed by atoms with Gasteiger partial charge in [0.05, 0.1) is 5.69 Å². The molecule has 0 amide bonds. The SMILES string of the molecule is CCc1cc(-c2nnc(N)n2N)n(CC)n1. The molecule has 2 aromatic rings. The van der Waals surface area contributed by atoms with Crippen LogP contribution in [0.3, 0.4) is 0 Å². The van der Waals surface area contributed by atoms with E-state index in [9.17, 15) is 0 Å². The summed E-state index contributed by atoms with van der Waals surface area (Å²) in [4.78, 5) is 0. The van der Waals surface area contributed by atoms with Crippen LogP contribution in [0.15, 0.2) is 6.07 Å². The zero-order valence-corrected chi connectivity index (χ0v) is 9.38. The predicted molar refractivity (Wildman–Crippen MR) is 60.9 cm³/mol. The van der Waals surface area contributed by atoms with Gasteiger partial charge >= 0.3 is 0 Å². The lowest BCUT2D eigenvalue weighted by atomic mass is 10.3. The molecule has 7 nitrogen and oxygen atoms in total. The van der Waals surface area contributed by atoms with Crippen molar-refractivity contribution in [3.05, 3.63) is 11.8 Å². The van der Waals surface area contributed by atoms with Crippen molar-refractivity contribution >= 4 is 5.95 Å². The number of aromatic nitrogens is 5. The van der Waals surface area contributed by atoms with Crippen molar-refractivity contribution in [2.45, 2.75) is 26.8 Å². The number of hydrogen-bond acceptors (Lipinski definition) is 5. The smallest absolute Gasteiger partial charge is 0.241 e. The van der Waals surface area contributed by atoms with Gasteiger partial charge in [0, 0.05) is 6.54 Å². The maximum Gasteiger partial charge on any atom is 0.241 e. The van der Waals surface area contributed by atoms with Crippen molar-refractivity contribution in [1.29, 1.82) is 0 Å². The van der Waals surface area contributed by atoms with Crippen molar-refractivity contribution in [2.24, 2.45) is 0 Å². The van der Waals surface area contributed by atoms with Crippen molar-refractivity contribution in [3.63, 3.8) is 0 Å². The first-order chi connectivity index (χ1) is 7.67. The summed E-state index contributed by atoms with van der Waals surface area (Å²) in [5, 5.41) is 12.1. The summed E-state index contributed by atoms with van der Waals surface area (Å²) in [5.41, 5.74) is 7.38. The molecule has 0 spiro atoms. The van der Waals surface area contributed by atoms with Crippen molar-refractivity contribution in [3.8, 4) is 11.5 Å². The monoisotopic (exact) mass is 221 g/mol. The topological polar surface area (TPSA) is 101 Å². The van der Waals surface area contributed by atoms with Crippen LogP contribution < -0.4 is 11.6 Å². The average Bonchev–Trinajstić information content (AvgIpc) is 2.84. The van der Waals surface area contributed by atoms with E-state index in [0.29, 0.717) is 5.82 Å². The highest BCUT2D eigenvalue weighted by Gasteiger charge is 2.15. The van der Waals surface area contributed by atoms with Crippen LogP contribution in [0.25, 0.3) is 11.5 Å². The summed E-state index contributed by atoms with van der Waals surface area (Å²) >= 11 is 0. The molecule has 7 heteroatoms. The molecule has 16 heavy (non-hydrogen) atoms. The molecule has 2 rings (SSSR count). The summed E-state index contributed by atoms with van der Waals surface area (Å²) in [6, 6.07) is 1.95. The first kappa shape index (κ1) is 10.5. The molecule has 0 saturated carbocycles. The number of aryl methyl sites for hydroxylation is 2. The Morgan fingerprint density at radius 1 is 1.31 bits per heavy atom. The Kier molecular flexibility index (Phi) is 2.51. The molecule has 0 aromatic carbocycles. The molecule has 2 heterocycles. The second-order valence-electron chi connectivity index (χ2n) is 3.44. The Hall–Kier alpha value is -2.05. The van der Waals surface area contributed by atoms with Crippen LogP contribution in [0.1, 0.15) is 19.5 Å². The molecule has 4 N–H and O–H groups in total. The number of rotatable bonds is 3. The Labute approximate surface area is 93.0 Å². The zero-order valence-electron chi connectivity index (χ0n) is 9.38. The lowest BCUT2D eigenvalue weighted by molar-refractivity contribution is 0.650. The highest BCUT2D eigenvalue weighted by molar-refractivity contribution is 5.53. The summed E-state index contributed by atoms with van der Waals surface area (Å²) in [7, 11) is 0. The lowest BCUT2D eigenvalue weighted by Crippen LogP contribution is -2.14. The fourth-order valence-electron chi connectivity index (χ4n) is 1.54. The summed E-state index contributed by atoms with van der Waals surface area (Å²) in [6.07, 6.45) is 0.869. The second kappa shape index (κ2) is 3.84. The number of hydrogen-bond donors (Lipinski definition) is 2. The summed E-state index contributed by atoms with van der Waals surface area (Å²) in [5.74, 6) is 6.46. The molecule has 0 fully saturated rings. The molecule has 86 valence electrons. The van der Waals surface area contributed by atoms with Crippen LogP contribution in [0.5, 0.6) is 0 Å². The minimum absolute atomic E-state index is 0.192. The van der Waals surface area contributed by atoms with Gasteiger partial charge in [0.2, 0.25) is 11.8 Å². The number of nitrogens with two attached hydrogens (primary N) is 2. The third-order valence-electron chi connectivity index (χ3n) is 2.44. The zero-order chi connectivity index (χ0) is 11.7. The normalized spacial score (nSPS) is 10.9. The van der Waals surface area contributed by atoms with E-state index in [1.54, 1.807) is 0 Å².